The quantitative estimate of drug-likeness (QED) is 0.516. The molecular formula is C22H29NO5. The number of carbonyl (C=O) groups excluding carboxylic acids is 1. The number of amides is 1. The fraction of sp³-hybridized carbons (Fsp3) is 0.409. The van der Waals surface area contributed by atoms with Gasteiger partial charge in [-0.3, -0.25) is 4.79 Å². The van der Waals surface area contributed by atoms with E-state index in [4.69, 9.17) is 9.47 Å². The van der Waals surface area contributed by atoms with Crippen LogP contribution in [0, 0.1) is 0 Å². The van der Waals surface area contributed by atoms with Gasteiger partial charge in [0.1, 0.15) is 18.1 Å². The number of benzene rings is 2. The first-order valence-corrected chi connectivity index (χ1v) is 9.53. The van der Waals surface area contributed by atoms with E-state index in [1.165, 1.54) is 6.07 Å². The maximum Gasteiger partial charge on any atom is 0.246 e. The summed E-state index contributed by atoms with van der Waals surface area (Å²) in [6.07, 6.45) is 1.95. The molecule has 2 aromatic carbocycles. The van der Waals surface area contributed by atoms with Crippen LogP contribution in [0.3, 0.4) is 0 Å². The highest BCUT2D eigenvalue weighted by Crippen LogP contribution is 2.40. The molecule has 0 fully saturated rings. The fourth-order valence-corrected chi connectivity index (χ4v) is 3.21. The van der Waals surface area contributed by atoms with Crippen molar-refractivity contribution in [2.24, 2.45) is 0 Å². The average molecular weight is 387 g/mol. The number of nitrogens with one attached hydrogen (secondary N) is 1. The molecule has 0 radical (unpaired) electrons. The minimum absolute atomic E-state index is 0.00117. The second-order valence-corrected chi connectivity index (χ2v) is 6.47. The van der Waals surface area contributed by atoms with E-state index in [0.29, 0.717) is 39.0 Å². The molecule has 0 atom stereocenters. The standard InChI is InChI=1S/C22H29NO5/c1-3-17-18(10-7-12-28-15-21(26)23-11-13-27-2)22(20(25)14-19(17)24)16-8-5-4-6-9-16/h4-6,8-9,14,24-25H,3,7,10-13,15H2,1-2H3,(H,23,26). The Morgan fingerprint density at radius 2 is 1.82 bits per heavy atom. The zero-order chi connectivity index (χ0) is 20.4. The van der Waals surface area contributed by atoms with Crippen LogP contribution in [0.4, 0.5) is 0 Å². The molecule has 28 heavy (non-hydrogen) atoms. The van der Waals surface area contributed by atoms with Crippen molar-refractivity contribution in [3.05, 3.63) is 47.5 Å². The first-order valence-electron chi connectivity index (χ1n) is 9.53. The number of hydrogen-bond acceptors (Lipinski definition) is 5. The fourth-order valence-electron chi connectivity index (χ4n) is 3.21. The predicted molar refractivity (Wildman–Crippen MR) is 109 cm³/mol. The molecule has 0 bridgehead atoms. The summed E-state index contributed by atoms with van der Waals surface area (Å²) in [6, 6.07) is 11.1. The van der Waals surface area contributed by atoms with Gasteiger partial charge in [-0.25, -0.2) is 0 Å². The highest BCUT2D eigenvalue weighted by molar-refractivity contribution is 5.77. The van der Waals surface area contributed by atoms with Crippen LogP contribution >= 0.6 is 0 Å². The third-order valence-electron chi connectivity index (χ3n) is 4.50. The van der Waals surface area contributed by atoms with Gasteiger partial charge in [0.2, 0.25) is 5.91 Å². The largest absolute Gasteiger partial charge is 0.508 e. The third kappa shape index (κ3) is 5.97. The molecule has 1 amide bonds. The molecule has 0 unspecified atom stereocenters. The minimum Gasteiger partial charge on any atom is -0.508 e. The molecule has 0 heterocycles. The highest BCUT2D eigenvalue weighted by Gasteiger charge is 2.17. The lowest BCUT2D eigenvalue weighted by atomic mass is 9.90. The number of hydrogen-bond donors (Lipinski definition) is 3. The number of methoxy groups -OCH3 is 1. The Kier molecular flexibility index (Phi) is 8.78. The van der Waals surface area contributed by atoms with Gasteiger partial charge in [-0.15, -0.1) is 0 Å². The average Bonchev–Trinajstić information content (AvgIpc) is 2.68. The van der Waals surface area contributed by atoms with Crippen LogP contribution in [0.15, 0.2) is 36.4 Å². The van der Waals surface area contributed by atoms with E-state index in [-0.39, 0.29) is 24.0 Å². The van der Waals surface area contributed by atoms with Crippen molar-refractivity contribution < 1.29 is 24.5 Å². The van der Waals surface area contributed by atoms with Crippen molar-refractivity contribution in [1.82, 2.24) is 5.32 Å². The summed E-state index contributed by atoms with van der Waals surface area (Å²) in [7, 11) is 1.58. The molecule has 0 spiro atoms. The van der Waals surface area contributed by atoms with E-state index in [0.717, 1.165) is 22.3 Å². The van der Waals surface area contributed by atoms with Gasteiger partial charge in [0.05, 0.1) is 6.61 Å². The SMILES string of the molecule is CCc1c(O)cc(O)c(-c2ccccc2)c1CCCOCC(=O)NCCOC. The summed E-state index contributed by atoms with van der Waals surface area (Å²) in [4.78, 5) is 11.6. The highest BCUT2D eigenvalue weighted by atomic mass is 16.5. The van der Waals surface area contributed by atoms with Crippen molar-refractivity contribution in [3.63, 3.8) is 0 Å². The van der Waals surface area contributed by atoms with Gasteiger partial charge < -0.3 is 25.0 Å². The lowest BCUT2D eigenvalue weighted by molar-refractivity contribution is -0.125. The summed E-state index contributed by atoms with van der Waals surface area (Å²) in [5.41, 5.74) is 3.39. The van der Waals surface area contributed by atoms with E-state index in [2.05, 4.69) is 5.32 Å². The molecule has 3 N–H and O–H groups in total. The van der Waals surface area contributed by atoms with Crippen LogP contribution in [0.5, 0.6) is 11.5 Å². The van der Waals surface area contributed by atoms with Crippen molar-refractivity contribution >= 4 is 5.91 Å². The zero-order valence-corrected chi connectivity index (χ0v) is 16.5. The predicted octanol–water partition coefficient (Wildman–Crippen LogP) is 3.04. The number of carbonyl (C=O) groups is 1. The van der Waals surface area contributed by atoms with E-state index < -0.39 is 0 Å². The molecule has 152 valence electrons. The Morgan fingerprint density at radius 3 is 2.50 bits per heavy atom. The van der Waals surface area contributed by atoms with Crippen LogP contribution in [0.25, 0.3) is 11.1 Å². The minimum atomic E-state index is -0.175. The Hall–Kier alpha value is -2.57. The van der Waals surface area contributed by atoms with Crippen molar-refractivity contribution in [2.75, 3.05) is 33.5 Å². The van der Waals surface area contributed by atoms with Gasteiger partial charge in [-0.1, -0.05) is 37.3 Å². The number of phenolic OH excluding ortho intramolecular Hbond substituents is 2. The van der Waals surface area contributed by atoms with Crippen LogP contribution in [0.2, 0.25) is 0 Å². The monoisotopic (exact) mass is 387 g/mol. The molecular weight excluding hydrogens is 358 g/mol. The second-order valence-electron chi connectivity index (χ2n) is 6.47. The number of phenols is 2. The lowest BCUT2D eigenvalue weighted by Crippen LogP contribution is -2.30. The molecule has 2 rings (SSSR count). The van der Waals surface area contributed by atoms with Crippen LogP contribution in [-0.2, 0) is 27.1 Å². The van der Waals surface area contributed by atoms with Crippen LogP contribution < -0.4 is 5.32 Å². The molecule has 0 saturated carbocycles. The Labute approximate surface area is 166 Å². The van der Waals surface area contributed by atoms with Gasteiger partial charge in [0, 0.05) is 31.9 Å². The summed E-state index contributed by atoms with van der Waals surface area (Å²) < 4.78 is 10.3. The Bertz CT molecular complexity index is 761. The second kappa shape index (κ2) is 11.3. The first-order chi connectivity index (χ1) is 13.6. The number of rotatable bonds is 11. The van der Waals surface area contributed by atoms with Crippen molar-refractivity contribution in [1.29, 1.82) is 0 Å². The van der Waals surface area contributed by atoms with Gasteiger partial charge in [-0.2, -0.15) is 0 Å². The molecule has 0 aromatic heterocycles. The van der Waals surface area contributed by atoms with E-state index >= 15 is 0 Å². The van der Waals surface area contributed by atoms with Crippen molar-refractivity contribution in [3.8, 4) is 22.6 Å². The topological polar surface area (TPSA) is 88.0 Å². The Morgan fingerprint density at radius 1 is 1.07 bits per heavy atom. The first kappa shape index (κ1) is 21.7. The van der Waals surface area contributed by atoms with E-state index in [1.807, 2.05) is 37.3 Å². The molecule has 0 saturated heterocycles. The molecule has 0 aliphatic rings. The van der Waals surface area contributed by atoms with Gasteiger partial charge in [0.25, 0.3) is 0 Å². The smallest absolute Gasteiger partial charge is 0.246 e. The number of aromatic hydroxyl groups is 2. The maximum atomic E-state index is 11.6. The van der Waals surface area contributed by atoms with Crippen LogP contribution in [0.1, 0.15) is 24.5 Å². The maximum absolute atomic E-state index is 11.6. The molecule has 0 aliphatic carbocycles. The summed E-state index contributed by atoms with van der Waals surface area (Å²) >= 11 is 0. The summed E-state index contributed by atoms with van der Waals surface area (Å²) in [5.74, 6) is -0.00580. The van der Waals surface area contributed by atoms with Gasteiger partial charge >= 0.3 is 0 Å². The lowest BCUT2D eigenvalue weighted by Gasteiger charge is -2.18. The van der Waals surface area contributed by atoms with E-state index in [9.17, 15) is 15.0 Å². The van der Waals surface area contributed by atoms with Gasteiger partial charge in [-0.05, 0) is 36.0 Å². The third-order valence-corrected chi connectivity index (χ3v) is 4.50. The summed E-state index contributed by atoms with van der Waals surface area (Å²) in [5, 5.41) is 23.4. The number of ether oxygens (including phenoxy) is 2. The van der Waals surface area contributed by atoms with Gasteiger partial charge in [0.15, 0.2) is 0 Å². The zero-order valence-electron chi connectivity index (χ0n) is 16.5. The van der Waals surface area contributed by atoms with Crippen molar-refractivity contribution in [2.45, 2.75) is 26.2 Å². The molecule has 6 heteroatoms. The molecule has 2 aromatic rings. The Balaban J connectivity index is 2.03. The molecule has 0 aliphatic heterocycles. The normalized spacial score (nSPS) is 10.8. The summed E-state index contributed by atoms with van der Waals surface area (Å²) in [6.45, 7) is 3.31. The molecule has 6 nitrogen and oxygen atoms in total. The van der Waals surface area contributed by atoms with Crippen LogP contribution in [-0.4, -0.2) is 49.6 Å². The van der Waals surface area contributed by atoms with E-state index in [1.54, 1.807) is 7.11 Å².